The standard InChI is InChI=1S/C20H17N3O5S3/c24-20(23-29)15-11-12-18(21-13-15)22-14-19(30(25,26)16-7-3-1-4-8-16)31(27,28)17-9-5-2-6-10-17/h1-14,19,29H,(H,23,24). The molecular weight excluding hydrogens is 458 g/mol. The Bertz CT molecular complexity index is 1220. The quantitative estimate of drug-likeness (QED) is 0.400. The fourth-order valence-corrected chi connectivity index (χ4v) is 6.80. The maximum atomic E-state index is 13.2. The van der Waals surface area contributed by atoms with Gasteiger partial charge in [-0.25, -0.2) is 26.8 Å². The molecule has 2 aromatic carbocycles. The van der Waals surface area contributed by atoms with Crippen LogP contribution in [0.3, 0.4) is 0 Å². The molecule has 1 amide bonds. The predicted octanol–water partition coefficient (Wildman–Crippen LogP) is 2.63. The number of nitrogens with zero attached hydrogens (tertiary/aromatic N) is 2. The molecule has 8 nitrogen and oxygen atoms in total. The first-order chi connectivity index (χ1) is 14.8. The molecule has 0 spiro atoms. The maximum absolute atomic E-state index is 13.2. The number of hydrogen-bond donors (Lipinski definition) is 2. The number of thiol groups is 1. The Morgan fingerprint density at radius 3 is 1.81 bits per heavy atom. The Balaban J connectivity index is 2.07. The smallest absolute Gasteiger partial charge is 0.262 e. The molecule has 0 fully saturated rings. The van der Waals surface area contributed by atoms with E-state index in [-0.39, 0.29) is 21.2 Å². The molecule has 0 atom stereocenters. The zero-order valence-electron chi connectivity index (χ0n) is 15.9. The van der Waals surface area contributed by atoms with Crippen LogP contribution in [0.2, 0.25) is 0 Å². The van der Waals surface area contributed by atoms with Crippen molar-refractivity contribution in [3.8, 4) is 0 Å². The number of aliphatic imine (C=N–C) groups is 1. The third kappa shape index (κ3) is 5.01. The summed E-state index contributed by atoms with van der Waals surface area (Å²) in [6.45, 7) is 0. The molecule has 3 rings (SSSR count). The minimum Gasteiger partial charge on any atom is -0.299 e. The van der Waals surface area contributed by atoms with E-state index in [0.717, 1.165) is 6.21 Å². The van der Waals surface area contributed by atoms with Crippen molar-refractivity contribution >= 4 is 50.4 Å². The van der Waals surface area contributed by atoms with E-state index >= 15 is 0 Å². The minimum atomic E-state index is -4.34. The average Bonchev–Trinajstić information content (AvgIpc) is 2.80. The van der Waals surface area contributed by atoms with Gasteiger partial charge >= 0.3 is 0 Å². The first kappa shape index (κ1) is 22.7. The van der Waals surface area contributed by atoms with Crippen molar-refractivity contribution in [2.45, 2.75) is 14.4 Å². The summed E-state index contributed by atoms with van der Waals surface area (Å²) in [5.41, 5.74) is 0.208. The third-order valence-electron chi connectivity index (χ3n) is 4.20. The SMILES string of the molecule is O=C(NS)c1ccc(N=CC(S(=O)(=O)c2ccccc2)S(=O)(=O)c2ccccc2)nc1. The van der Waals surface area contributed by atoms with E-state index in [1.807, 2.05) is 0 Å². The van der Waals surface area contributed by atoms with E-state index in [1.165, 1.54) is 66.9 Å². The highest BCUT2D eigenvalue weighted by molar-refractivity contribution is 8.10. The Labute approximate surface area is 185 Å². The van der Waals surface area contributed by atoms with Gasteiger partial charge in [0.15, 0.2) is 5.82 Å². The molecule has 3 aromatic rings. The molecule has 1 aromatic heterocycles. The summed E-state index contributed by atoms with van der Waals surface area (Å²) in [5.74, 6) is -0.449. The van der Waals surface area contributed by atoms with Crippen LogP contribution in [0, 0.1) is 0 Å². The zero-order valence-corrected chi connectivity index (χ0v) is 18.4. The van der Waals surface area contributed by atoms with E-state index in [1.54, 1.807) is 12.1 Å². The molecule has 0 aliphatic rings. The van der Waals surface area contributed by atoms with Crippen molar-refractivity contribution < 1.29 is 21.6 Å². The van der Waals surface area contributed by atoms with Gasteiger partial charge in [0, 0.05) is 12.4 Å². The Hall–Kier alpha value is -3.02. The summed E-state index contributed by atoms with van der Waals surface area (Å²) in [7, 11) is -8.68. The number of aromatic nitrogens is 1. The first-order valence-electron chi connectivity index (χ1n) is 8.79. The molecule has 0 aliphatic carbocycles. The van der Waals surface area contributed by atoms with Gasteiger partial charge in [0.2, 0.25) is 24.3 Å². The highest BCUT2D eigenvalue weighted by Gasteiger charge is 2.38. The Morgan fingerprint density at radius 2 is 1.39 bits per heavy atom. The van der Waals surface area contributed by atoms with Crippen molar-refractivity contribution in [2.24, 2.45) is 4.99 Å². The molecule has 1 N–H and O–H groups in total. The summed E-state index contributed by atoms with van der Waals surface area (Å²) in [4.78, 5) is 19.2. The average molecular weight is 476 g/mol. The number of amides is 1. The van der Waals surface area contributed by atoms with Gasteiger partial charge in [0.25, 0.3) is 5.91 Å². The van der Waals surface area contributed by atoms with Gasteiger partial charge in [-0.05, 0) is 36.4 Å². The lowest BCUT2D eigenvalue weighted by atomic mass is 10.3. The highest BCUT2D eigenvalue weighted by Crippen LogP contribution is 2.25. The van der Waals surface area contributed by atoms with Gasteiger partial charge in [-0.1, -0.05) is 49.2 Å². The van der Waals surface area contributed by atoms with E-state index in [4.69, 9.17) is 0 Å². The first-order valence-corrected chi connectivity index (χ1v) is 12.3. The number of nitrogens with one attached hydrogen (secondary N) is 1. The number of pyridine rings is 1. The summed E-state index contributed by atoms with van der Waals surface area (Å²) in [5, 5.41) is 0. The van der Waals surface area contributed by atoms with Gasteiger partial charge in [0.1, 0.15) is 0 Å². The lowest BCUT2D eigenvalue weighted by molar-refractivity contribution is 0.0984. The summed E-state index contributed by atoms with van der Waals surface area (Å²) in [6.07, 6.45) is 2.05. The monoisotopic (exact) mass is 475 g/mol. The van der Waals surface area contributed by atoms with Crippen LogP contribution >= 0.6 is 12.8 Å². The molecule has 0 saturated heterocycles. The van der Waals surface area contributed by atoms with Crippen LogP contribution in [-0.4, -0.2) is 38.5 Å². The van der Waals surface area contributed by atoms with Crippen LogP contribution in [-0.2, 0) is 19.7 Å². The number of hydrogen-bond acceptors (Lipinski definition) is 8. The van der Waals surface area contributed by atoms with E-state index in [0.29, 0.717) is 0 Å². The Morgan fingerprint density at radius 1 is 0.871 bits per heavy atom. The zero-order chi connectivity index (χ0) is 22.5. The second-order valence-electron chi connectivity index (χ2n) is 6.21. The normalized spacial score (nSPS) is 12.2. The minimum absolute atomic E-state index is 0.0345. The maximum Gasteiger partial charge on any atom is 0.262 e. The van der Waals surface area contributed by atoms with E-state index < -0.39 is 30.2 Å². The van der Waals surface area contributed by atoms with Crippen LogP contribution in [0.5, 0.6) is 0 Å². The second kappa shape index (κ2) is 9.41. The van der Waals surface area contributed by atoms with Crippen molar-refractivity contribution in [3.05, 3.63) is 84.6 Å². The van der Waals surface area contributed by atoms with Gasteiger partial charge in [-0.3, -0.25) is 9.52 Å². The van der Waals surface area contributed by atoms with Crippen molar-refractivity contribution in [3.63, 3.8) is 0 Å². The van der Waals surface area contributed by atoms with Crippen molar-refractivity contribution in [2.75, 3.05) is 0 Å². The van der Waals surface area contributed by atoms with Crippen LogP contribution in [0.15, 0.2) is 93.8 Å². The molecule has 160 valence electrons. The van der Waals surface area contributed by atoms with Crippen LogP contribution in [0.4, 0.5) is 5.82 Å². The van der Waals surface area contributed by atoms with Crippen LogP contribution in [0.1, 0.15) is 10.4 Å². The Kier molecular flexibility index (Phi) is 6.88. The summed E-state index contributed by atoms with van der Waals surface area (Å²) in [6, 6.07) is 17.3. The fourth-order valence-electron chi connectivity index (χ4n) is 2.61. The largest absolute Gasteiger partial charge is 0.299 e. The van der Waals surface area contributed by atoms with Crippen molar-refractivity contribution in [1.29, 1.82) is 0 Å². The third-order valence-corrected chi connectivity index (χ3v) is 9.24. The molecule has 0 unspecified atom stereocenters. The van der Waals surface area contributed by atoms with Crippen LogP contribution < -0.4 is 4.72 Å². The van der Waals surface area contributed by atoms with E-state index in [2.05, 4.69) is 27.5 Å². The van der Waals surface area contributed by atoms with Gasteiger partial charge < -0.3 is 0 Å². The second-order valence-corrected chi connectivity index (χ2v) is 10.9. The number of rotatable bonds is 7. The van der Waals surface area contributed by atoms with Gasteiger partial charge in [-0.2, -0.15) is 0 Å². The molecule has 0 saturated carbocycles. The molecule has 11 heteroatoms. The molecule has 0 bridgehead atoms. The summed E-state index contributed by atoms with van der Waals surface area (Å²) >= 11 is 3.66. The molecule has 0 aliphatic heterocycles. The summed E-state index contributed by atoms with van der Waals surface area (Å²) < 4.78 is 53.0. The van der Waals surface area contributed by atoms with E-state index in [9.17, 15) is 21.6 Å². The highest BCUT2D eigenvalue weighted by atomic mass is 32.3. The molecule has 1 heterocycles. The fraction of sp³-hybridized carbons (Fsp3) is 0.0500. The van der Waals surface area contributed by atoms with Gasteiger partial charge in [-0.15, -0.1) is 0 Å². The topological polar surface area (TPSA) is 123 Å². The predicted molar refractivity (Wildman–Crippen MR) is 120 cm³/mol. The lowest BCUT2D eigenvalue weighted by Gasteiger charge is -2.15. The number of carbonyl (C=O) groups is 1. The van der Waals surface area contributed by atoms with Gasteiger partial charge in [0.05, 0.1) is 15.4 Å². The van der Waals surface area contributed by atoms with Crippen molar-refractivity contribution in [1.82, 2.24) is 9.71 Å². The number of carbonyl (C=O) groups excluding carboxylic acids is 1. The molecule has 0 radical (unpaired) electrons. The molecular formula is C20H17N3O5S3. The number of sulfone groups is 2. The number of benzene rings is 2. The lowest BCUT2D eigenvalue weighted by Crippen LogP contribution is -2.32. The molecule has 31 heavy (non-hydrogen) atoms. The van der Waals surface area contributed by atoms with Crippen LogP contribution in [0.25, 0.3) is 0 Å².